The van der Waals surface area contributed by atoms with Crippen LogP contribution in [0.1, 0.15) is 42.5 Å². The van der Waals surface area contributed by atoms with E-state index in [1.165, 1.54) is 13.0 Å². The third-order valence-electron chi connectivity index (χ3n) is 8.04. The van der Waals surface area contributed by atoms with Gasteiger partial charge in [0.1, 0.15) is 34.6 Å². The number of pyridine rings is 1. The van der Waals surface area contributed by atoms with Crippen molar-refractivity contribution in [1.29, 1.82) is 0 Å². The van der Waals surface area contributed by atoms with Crippen molar-refractivity contribution in [3.8, 4) is 11.5 Å². The molecule has 0 spiro atoms. The van der Waals surface area contributed by atoms with Crippen LogP contribution in [0.5, 0.6) is 0 Å². The Morgan fingerprint density at radius 3 is 2.60 bits per heavy atom. The van der Waals surface area contributed by atoms with Crippen LogP contribution in [0.3, 0.4) is 0 Å². The molecule has 2 aromatic carbocycles. The van der Waals surface area contributed by atoms with Gasteiger partial charge in [0.25, 0.3) is 0 Å². The number of aliphatic carboxylic acids is 1. The topological polar surface area (TPSA) is 178 Å². The summed E-state index contributed by atoms with van der Waals surface area (Å²) in [5.41, 5.74) is 8.59. The number of hydrogen-bond acceptors (Lipinski definition) is 8. The molecule has 45 heavy (non-hydrogen) atoms. The van der Waals surface area contributed by atoms with Gasteiger partial charge in [-0.2, -0.15) is 5.10 Å². The first-order valence-electron chi connectivity index (χ1n) is 14.2. The molecule has 0 bridgehead atoms. The molecule has 0 saturated carbocycles. The summed E-state index contributed by atoms with van der Waals surface area (Å²) in [6.45, 7) is 3.28. The molecule has 13 heteroatoms. The van der Waals surface area contributed by atoms with E-state index in [0.29, 0.717) is 39.8 Å². The lowest BCUT2D eigenvalue weighted by Crippen LogP contribution is -2.38. The molecule has 5 aromatic rings. The second-order valence-electron chi connectivity index (χ2n) is 11.0. The Hall–Kier alpha value is -5.72. The fraction of sp³-hybridized carbons (Fsp3) is 0.219. The monoisotopic (exact) mass is 608 g/mol. The van der Waals surface area contributed by atoms with E-state index in [1.807, 2.05) is 18.2 Å². The molecule has 0 saturated heterocycles. The number of aromatic nitrogens is 5. The number of amides is 2. The van der Waals surface area contributed by atoms with Crippen molar-refractivity contribution in [2.24, 2.45) is 0 Å². The van der Waals surface area contributed by atoms with Crippen LogP contribution in [0.2, 0.25) is 0 Å². The Balaban J connectivity index is 1.29. The molecule has 3 aromatic heterocycles. The maximum Gasteiger partial charge on any atom is 0.325 e. The van der Waals surface area contributed by atoms with Gasteiger partial charge >= 0.3 is 5.97 Å². The highest BCUT2D eigenvalue weighted by Gasteiger charge is 2.47. The first-order chi connectivity index (χ1) is 21.6. The number of aryl methyl sites for hydroxylation is 1. The van der Waals surface area contributed by atoms with Crippen LogP contribution >= 0.6 is 0 Å². The quantitative estimate of drug-likeness (QED) is 0.195. The second-order valence-corrected chi connectivity index (χ2v) is 11.0. The molecule has 0 radical (unpaired) electrons. The van der Waals surface area contributed by atoms with Gasteiger partial charge in [0.05, 0.1) is 17.5 Å². The van der Waals surface area contributed by atoms with Gasteiger partial charge in [0.15, 0.2) is 11.5 Å². The van der Waals surface area contributed by atoms with Gasteiger partial charge in [-0.1, -0.05) is 42.5 Å². The normalized spacial score (nSPS) is 16.3. The van der Waals surface area contributed by atoms with E-state index in [1.54, 1.807) is 54.2 Å². The Kier molecular flexibility index (Phi) is 7.44. The smallest absolute Gasteiger partial charge is 0.325 e. The van der Waals surface area contributed by atoms with Crippen LogP contribution in [0.25, 0.3) is 22.6 Å². The molecule has 5 N–H and O–H groups in total. The maximum absolute atomic E-state index is 14.4. The molecule has 0 aliphatic carbocycles. The van der Waals surface area contributed by atoms with Crippen molar-refractivity contribution in [3.63, 3.8) is 0 Å². The van der Waals surface area contributed by atoms with Crippen molar-refractivity contribution in [2.75, 3.05) is 11.1 Å². The predicted octanol–water partition coefficient (Wildman–Crippen LogP) is 3.44. The summed E-state index contributed by atoms with van der Waals surface area (Å²) >= 11 is 0. The predicted molar refractivity (Wildman–Crippen MR) is 164 cm³/mol. The summed E-state index contributed by atoms with van der Waals surface area (Å²) in [4.78, 5) is 50.2. The molecule has 2 atom stereocenters. The zero-order valence-corrected chi connectivity index (χ0v) is 24.4. The van der Waals surface area contributed by atoms with E-state index in [-0.39, 0.29) is 48.1 Å². The summed E-state index contributed by atoms with van der Waals surface area (Å²) < 4.78 is 16.0. The summed E-state index contributed by atoms with van der Waals surface area (Å²) in [7, 11) is 0. The van der Waals surface area contributed by atoms with Crippen molar-refractivity contribution >= 4 is 40.5 Å². The zero-order valence-electron chi connectivity index (χ0n) is 24.4. The highest BCUT2D eigenvalue weighted by molar-refractivity contribution is 6.09. The highest BCUT2D eigenvalue weighted by atomic mass is 19.1. The number of rotatable bonds is 9. The number of nitrogens with two attached hydrogens (primary N) is 1. The highest BCUT2D eigenvalue weighted by Crippen LogP contribution is 2.45. The first-order valence-corrected chi connectivity index (χ1v) is 14.2. The molecule has 1 aliphatic heterocycles. The van der Waals surface area contributed by atoms with Crippen LogP contribution in [-0.2, 0) is 32.8 Å². The molecular weight excluding hydrogens is 579 g/mol. The molecule has 6 rings (SSSR count). The van der Waals surface area contributed by atoms with Crippen LogP contribution in [0, 0.1) is 5.82 Å². The number of carboxylic acid groups (broad SMARTS) is 1. The van der Waals surface area contributed by atoms with E-state index >= 15 is 0 Å². The Morgan fingerprint density at radius 1 is 1.11 bits per heavy atom. The van der Waals surface area contributed by atoms with Gasteiger partial charge in [-0.3, -0.25) is 14.4 Å². The molecule has 228 valence electrons. The van der Waals surface area contributed by atoms with Crippen LogP contribution in [0.4, 0.5) is 16.0 Å². The lowest BCUT2D eigenvalue weighted by Gasteiger charge is -2.23. The number of carboxylic acids is 1. The van der Waals surface area contributed by atoms with Crippen LogP contribution < -0.4 is 16.4 Å². The summed E-state index contributed by atoms with van der Waals surface area (Å²) in [6.07, 6.45) is 2.12. The molecular formula is C32H29FN8O4. The first kappa shape index (κ1) is 29.4. The van der Waals surface area contributed by atoms with Gasteiger partial charge in [-0.25, -0.2) is 24.0 Å². The van der Waals surface area contributed by atoms with Gasteiger partial charge in [0.2, 0.25) is 11.8 Å². The summed E-state index contributed by atoms with van der Waals surface area (Å²) in [6, 6.07) is 16.2. The minimum atomic E-state index is -1.20. The Bertz CT molecular complexity index is 1980. The number of halogens is 1. The fourth-order valence-electron chi connectivity index (χ4n) is 5.50. The molecule has 0 unspecified atom stereocenters. The average Bonchev–Trinajstić information content (AvgIpc) is 3.52. The average molecular weight is 609 g/mol. The van der Waals surface area contributed by atoms with E-state index in [9.17, 15) is 18.8 Å². The number of nitrogen functional groups attached to an aromatic ring is 1. The number of benzene rings is 2. The van der Waals surface area contributed by atoms with Crippen molar-refractivity contribution in [2.45, 2.75) is 44.7 Å². The molecule has 2 amide bonds. The number of nitrogens with zero attached hydrogens (tertiary/aromatic N) is 5. The molecule has 0 fully saturated rings. The minimum Gasteiger partial charge on any atom is -0.480 e. The standard InChI is InChI=1S/C32H29FN8O4/c1-17(30(43)44)36-23(42)14-11-18-9-12-20(13-10-18)32(2)24-26(34)37-28(38-27(24)39-31(32)45)25-21-7-5-15-35-29(21)41(40-25)16-19-6-3-4-8-22(19)33/h3-10,12-13,15,17H,11,14,16H2,1-2H3,(H,36,42)(H,43,44)(H3,34,37,38,39,45)/t17-,32+/m1/s1. The third-order valence-corrected chi connectivity index (χ3v) is 8.04. The Labute approximate surface area is 256 Å². The van der Waals surface area contributed by atoms with Gasteiger partial charge in [0, 0.05) is 18.2 Å². The number of carbonyl (C=O) groups excluding carboxylic acids is 2. The number of fused-ring (bicyclic) bond motifs is 2. The number of anilines is 2. The van der Waals surface area contributed by atoms with Gasteiger partial charge in [-0.15, -0.1) is 0 Å². The fourth-order valence-corrected chi connectivity index (χ4v) is 5.50. The van der Waals surface area contributed by atoms with Gasteiger partial charge < -0.3 is 21.5 Å². The number of carbonyl (C=O) groups is 3. The summed E-state index contributed by atoms with van der Waals surface area (Å²) in [5, 5.41) is 19.6. The van der Waals surface area contributed by atoms with E-state index in [0.717, 1.165) is 5.56 Å². The Morgan fingerprint density at radius 2 is 1.87 bits per heavy atom. The number of hydrogen-bond donors (Lipinski definition) is 4. The van der Waals surface area contributed by atoms with E-state index < -0.39 is 17.4 Å². The van der Waals surface area contributed by atoms with Crippen molar-refractivity contribution < 1.29 is 23.9 Å². The summed E-state index contributed by atoms with van der Waals surface area (Å²) in [5.74, 6) is -1.61. The maximum atomic E-state index is 14.4. The zero-order chi connectivity index (χ0) is 31.9. The van der Waals surface area contributed by atoms with Crippen LogP contribution in [-0.4, -0.2) is 53.7 Å². The third kappa shape index (κ3) is 5.32. The van der Waals surface area contributed by atoms with E-state index in [2.05, 4.69) is 30.7 Å². The molecule has 1 aliphatic rings. The van der Waals surface area contributed by atoms with Crippen molar-refractivity contribution in [3.05, 3.63) is 94.9 Å². The molecule has 4 heterocycles. The lowest BCUT2D eigenvalue weighted by molar-refractivity contribution is -0.141. The van der Waals surface area contributed by atoms with Crippen molar-refractivity contribution in [1.82, 2.24) is 30.0 Å². The van der Waals surface area contributed by atoms with Gasteiger partial charge in [-0.05, 0) is 49.6 Å². The SMILES string of the molecule is C[C@@H](NC(=O)CCc1ccc([C@]2(C)C(=O)Nc3nc(-c4nn(Cc5ccccc5F)c5ncccc45)nc(N)c32)cc1)C(=O)O. The minimum absolute atomic E-state index is 0.102. The second kappa shape index (κ2) is 11.4. The van der Waals surface area contributed by atoms with Crippen LogP contribution in [0.15, 0.2) is 66.9 Å². The lowest BCUT2D eigenvalue weighted by atomic mass is 9.77. The molecule has 12 nitrogen and oxygen atoms in total. The largest absolute Gasteiger partial charge is 0.480 e. The van der Waals surface area contributed by atoms with E-state index in [4.69, 9.17) is 10.8 Å². The number of nitrogens with one attached hydrogen (secondary N) is 2.